The van der Waals surface area contributed by atoms with Gasteiger partial charge in [-0.2, -0.15) is 0 Å². The van der Waals surface area contributed by atoms with Gasteiger partial charge in [-0.05, 0) is 30.3 Å². The van der Waals surface area contributed by atoms with Gasteiger partial charge in [0.1, 0.15) is 18.5 Å². The molecule has 0 heterocycles. The maximum absolute atomic E-state index is 10.2. The van der Waals surface area contributed by atoms with Crippen molar-refractivity contribution in [3.05, 3.63) is 58.6 Å². The Labute approximate surface area is 158 Å². The summed E-state index contributed by atoms with van der Waals surface area (Å²) >= 11 is 11.9. The lowest BCUT2D eigenvalue weighted by molar-refractivity contribution is 0.111. The van der Waals surface area contributed by atoms with Crippen LogP contribution in [0.5, 0.6) is 5.75 Å². The molecule has 0 aliphatic carbocycles. The van der Waals surface area contributed by atoms with Crippen LogP contribution >= 0.6 is 35.6 Å². The minimum atomic E-state index is -0.728. The minimum Gasteiger partial charge on any atom is -0.489 e. The van der Waals surface area contributed by atoms with E-state index in [2.05, 4.69) is 0 Å². The van der Waals surface area contributed by atoms with E-state index in [4.69, 9.17) is 27.9 Å². The Morgan fingerprint density at radius 1 is 1.08 bits per heavy atom. The van der Waals surface area contributed by atoms with Crippen LogP contribution in [0, 0.1) is 0 Å². The second-order valence-corrected chi connectivity index (χ2v) is 5.89. The molecule has 0 fully saturated rings. The quantitative estimate of drug-likeness (QED) is 0.720. The van der Waals surface area contributed by atoms with Gasteiger partial charge in [-0.25, -0.2) is 0 Å². The van der Waals surface area contributed by atoms with Crippen molar-refractivity contribution in [1.82, 2.24) is 0 Å². The molecule has 7 heteroatoms. The highest BCUT2D eigenvalue weighted by Gasteiger charge is 2.13. The van der Waals surface area contributed by atoms with Gasteiger partial charge in [-0.1, -0.05) is 41.4 Å². The van der Waals surface area contributed by atoms with Gasteiger partial charge in [0.25, 0.3) is 0 Å². The van der Waals surface area contributed by atoms with Crippen LogP contribution < -0.4 is 9.64 Å². The topological polar surface area (TPSA) is 52.9 Å². The fourth-order valence-electron chi connectivity index (χ4n) is 2.17. The molecule has 132 valence electrons. The third kappa shape index (κ3) is 6.38. The van der Waals surface area contributed by atoms with Crippen LogP contribution in [-0.2, 0) is 0 Å². The van der Waals surface area contributed by atoms with Crippen molar-refractivity contribution in [2.24, 2.45) is 0 Å². The molecule has 2 rings (SSSR count). The summed E-state index contributed by atoms with van der Waals surface area (Å²) in [4.78, 5) is 1.90. The Hall–Kier alpha value is -1.17. The molecule has 1 atom stereocenters. The SMILES string of the molecule is Cl.OCCN(CC(O)COc1ccc(Cl)cc1Cl)c1ccccc1. The van der Waals surface area contributed by atoms with Crippen molar-refractivity contribution in [3.8, 4) is 5.75 Å². The van der Waals surface area contributed by atoms with Crippen molar-refractivity contribution >= 4 is 41.3 Å². The summed E-state index contributed by atoms with van der Waals surface area (Å²) in [6.45, 7) is 0.875. The highest BCUT2D eigenvalue weighted by molar-refractivity contribution is 6.35. The summed E-state index contributed by atoms with van der Waals surface area (Å²) in [6.07, 6.45) is -0.728. The van der Waals surface area contributed by atoms with E-state index in [0.29, 0.717) is 28.9 Å². The van der Waals surface area contributed by atoms with Crippen LogP contribution in [0.25, 0.3) is 0 Å². The van der Waals surface area contributed by atoms with Gasteiger partial charge in [-0.15, -0.1) is 12.4 Å². The summed E-state index contributed by atoms with van der Waals surface area (Å²) in [7, 11) is 0. The van der Waals surface area contributed by atoms with Crippen molar-refractivity contribution in [1.29, 1.82) is 0 Å². The molecule has 1 unspecified atom stereocenters. The smallest absolute Gasteiger partial charge is 0.138 e. The Kier molecular flexibility index (Phi) is 9.26. The molecule has 0 saturated heterocycles. The first-order chi connectivity index (χ1) is 11.1. The predicted octanol–water partition coefficient (Wildman–Crippen LogP) is 3.65. The monoisotopic (exact) mass is 391 g/mol. The highest BCUT2D eigenvalue weighted by atomic mass is 35.5. The van der Waals surface area contributed by atoms with E-state index in [0.717, 1.165) is 5.69 Å². The maximum Gasteiger partial charge on any atom is 0.138 e. The molecule has 2 aromatic rings. The van der Waals surface area contributed by atoms with Gasteiger partial charge in [-0.3, -0.25) is 0 Å². The summed E-state index contributed by atoms with van der Waals surface area (Å²) in [6, 6.07) is 14.5. The summed E-state index contributed by atoms with van der Waals surface area (Å²) in [5, 5.41) is 20.3. The van der Waals surface area contributed by atoms with E-state index in [1.807, 2.05) is 35.2 Å². The number of benzene rings is 2. The number of anilines is 1. The Balaban J connectivity index is 0.00000288. The molecule has 0 aliphatic rings. The molecule has 0 aromatic heterocycles. The van der Waals surface area contributed by atoms with Gasteiger partial charge >= 0.3 is 0 Å². The van der Waals surface area contributed by atoms with Crippen LogP contribution in [0.2, 0.25) is 10.0 Å². The molecule has 0 spiro atoms. The van der Waals surface area contributed by atoms with E-state index in [1.54, 1.807) is 18.2 Å². The number of hydrogen-bond acceptors (Lipinski definition) is 4. The van der Waals surface area contributed by atoms with Crippen LogP contribution in [0.15, 0.2) is 48.5 Å². The molecule has 0 saturated carbocycles. The molecular formula is C17H20Cl3NO3. The van der Waals surface area contributed by atoms with Crippen LogP contribution in [0.3, 0.4) is 0 Å². The van der Waals surface area contributed by atoms with Crippen molar-refractivity contribution in [2.75, 3.05) is 31.2 Å². The average molecular weight is 393 g/mol. The van der Waals surface area contributed by atoms with Gasteiger partial charge in [0.05, 0.1) is 11.6 Å². The Morgan fingerprint density at radius 2 is 1.79 bits per heavy atom. The first-order valence-electron chi connectivity index (χ1n) is 7.27. The number of nitrogens with zero attached hydrogens (tertiary/aromatic N) is 1. The fraction of sp³-hybridized carbons (Fsp3) is 0.294. The summed E-state index contributed by atoms with van der Waals surface area (Å²) in [5.74, 6) is 0.475. The maximum atomic E-state index is 10.2. The molecule has 4 nitrogen and oxygen atoms in total. The number of aliphatic hydroxyl groups excluding tert-OH is 2. The second kappa shape index (κ2) is 10.6. The molecule has 2 N–H and O–H groups in total. The van der Waals surface area contributed by atoms with E-state index >= 15 is 0 Å². The lowest BCUT2D eigenvalue weighted by Gasteiger charge is -2.26. The zero-order chi connectivity index (χ0) is 16.7. The van der Waals surface area contributed by atoms with Crippen molar-refractivity contribution < 1.29 is 14.9 Å². The summed E-state index contributed by atoms with van der Waals surface area (Å²) in [5.41, 5.74) is 0.935. The Morgan fingerprint density at radius 3 is 2.42 bits per heavy atom. The molecule has 24 heavy (non-hydrogen) atoms. The number of hydrogen-bond donors (Lipinski definition) is 2. The van der Waals surface area contributed by atoms with Crippen LogP contribution in [0.4, 0.5) is 5.69 Å². The Bertz CT molecular complexity index is 613. The first-order valence-corrected chi connectivity index (χ1v) is 8.02. The lowest BCUT2D eigenvalue weighted by Crippen LogP contribution is -2.37. The molecule has 2 aromatic carbocycles. The molecular weight excluding hydrogens is 373 g/mol. The highest BCUT2D eigenvalue weighted by Crippen LogP contribution is 2.27. The van der Waals surface area contributed by atoms with Gasteiger partial charge in [0.15, 0.2) is 0 Å². The number of aliphatic hydroxyl groups is 2. The molecule has 0 amide bonds. The van der Waals surface area contributed by atoms with Crippen molar-refractivity contribution in [2.45, 2.75) is 6.10 Å². The number of halogens is 3. The number of para-hydroxylation sites is 1. The van der Waals surface area contributed by atoms with E-state index in [-0.39, 0.29) is 25.6 Å². The third-order valence-corrected chi connectivity index (χ3v) is 3.78. The van der Waals surface area contributed by atoms with E-state index < -0.39 is 6.10 Å². The average Bonchev–Trinajstić information content (AvgIpc) is 2.54. The molecule has 0 bridgehead atoms. The number of rotatable bonds is 8. The largest absolute Gasteiger partial charge is 0.489 e. The van der Waals surface area contributed by atoms with Gasteiger partial charge < -0.3 is 19.8 Å². The van der Waals surface area contributed by atoms with Crippen molar-refractivity contribution in [3.63, 3.8) is 0 Å². The lowest BCUT2D eigenvalue weighted by atomic mass is 10.2. The van der Waals surface area contributed by atoms with Gasteiger partial charge in [0, 0.05) is 23.8 Å². The first kappa shape index (κ1) is 20.9. The van der Waals surface area contributed by atoms with Gasteiger partial charge in [0.2, 0.25) is 0 Å². The second-order valence-electron chi connectivity index (χ2n) is 5.04. The summed E-state index contributed by atoms with van der Waals surface area (Å²) < 4.78 is 5.54. The zero-order valence-corrected chi connectivity index (χ0v) is 15.3. The predicted molar refractivity (Wildman–Crippen MR) is 101 cm³/mol. The standard InChI is InChI=1S/C17H19Cl2NO3.ClH/c18-13-6-7-17(16(19)10-13)23-12-15(22)11-20(8-9-21)14-4-2-1-3-5-14;/h1-7,10,15,21-22H,8-9,11-12H2;1H. The zero-order valence-electron chi connectivity index (χ0n) is 12.9. The van der Waals surface area contributed by atoms with Crippen LogP contribution in [0.1, 0.15) is 0 Å². The van der Waals surface area contributed by atoms with E-state index in [1.165, 1.54) is 0 Å². The fourth-order valence-corrected chi connectivity index (χ4v) is 2.63. The third-order valence-electron chi connectivity index (χ3n) is 3.25. The van der Waals surface area contributed by atoms with E-state index in [9.17, 15) is 10.2 Å². The minimum absolute atomic E-state index is 0. The normalized spacial score (nSPS) is 11.5. The number of ether oxygens (including phenoxy) is 1. The van der Waals surface area contributed by atoms with Crippen LogP contribution in [-0.4, -0.2) is 42.6 Å². The molecule has 0 radical (unpaired) electrons. The molecule has 0 aliphatic heterocycles.